The first-order valence-corrected chi connectivity index (χ1v) is 10.7. The molecule has 2 aromatic carbocycles. The van der Waals surface area contributed by atoms with Gasteiger partial charge in [0.25, 0.3) is 5.19 Å². The molecule has 0 amide bonds. The molecule has 0 bridgehead atoms. The normalized spacial score (nSPS) is 15.3. The zero-order valence-corrected chi connectivity index (χ0v) is 16.2. The Morgan fingerprint density at radius 3 is 2.52 bits per heavy atom. The molecule has 6 nitrogen and oxygen atoms in total. The number of aryl methyl sites for hydroxylation is 1. The predicted molar refractivity (Wildman–Crippen MR) is 103 cm³/mol. The van der Waals surface area contributed by atoms with Crippen LogP contribution in [0.15, 0.2) is 65.0 Å². The average Bonchev–Trinajstić information content (AvgIpc) is 3.13. The van der Waals surface area contributed by atoms with Crippen LogP contribution in [0.25, 0.3) is 0 Å². The van der Waals surface area contributed by atoms with Crippen molar-refractivity contribution in [3.05, 3.63) is 65.7 Å². The smallest absolute Gasteiger partial charge is 0.273 e. The number of nitrogens with zero attached hydrogens (tertiary/aromatic N) is 2. The molecule has 8 heteroatoms. The first kappa shape index (κ1) is 18.0. The molecule has 0 aliphatic carbocycles. The Bertz CT molecular complexity index is 1010. The fourth-order valence-electron chi connectivity index (χ4n) is 2.71. The Labute approximate surface area is 162 Å². The number of thiazole rings is 1. The highest BCUT2D eigenvalue weighted by molar-refractivity contribution is 7.89. The Balaban J connectivity index is 1.40. The van der Waals surface area contributed by atoms with Gasteiger partial charge in [0.15, 0.2) is 0 Å². The summed E-state index contributed by atoms with van der Waals surface area (Å²) in [6.45, 7) is 2.61. The van der Waals surface area contributed by atoms with Crippen LogP contribution in [0.1, 0.15) is 5.56 Å². The molecule has 3 aromatic rings. The number of hydrogen-bond acceptors (Lipinski definition) is 6. The van der Waals surface area contributed by atoms with Gasteiger partial charge in [0.1, 0.15) is 17.6 Å². The van der Waals surface area contributed by atoms with Gasteiger partial charge in [-0.25, -0.2) is 13.4 Å². The zero-order chi connectivity index (χ0) is 18.9. The van der Waals surface area contributed by atoms with Crippen LogP contribution in [-0.4, -0.2) is 36.9 Å². The van der Waals surface area contributed by atoms with Crippen molar-refractivity contribution in [2.75, 3.05) is 13.1 Å². The second-order valence-electron chi connectivity index (χ2n) is 6.20. The SMILES string of the molecule is Cc1ccccc1Oc1ccc(S(=O)(=O)N2CC(Oc3nccs3)C2)cc1. The lowest BCUT2D eigenvalue weighted by molar-refractivity contribution is 0.0759. The van der Waals surface area contributed by atoms with E-state index >= 15 is 0 Å². The minimum Gasteiger partial charge on any atom is -0.464 e. The third kappa shape index (κ3) is 3.83. The molecule has 27 heavy (non-hydrogen) atoms. The molecular formula is C19H18N2O4S2. The van der Waals surface area contributed by atoms with E-state index < -0.39 is 10.0 Å². The summed E-state index contributed by atoms with van der Waals surface area (Å²) >= 11 is 1.39. The quantitative estimate of drug-likeness (QED) is 0.629. The molecule has 0 radical (unpaired) electrons. The van der Waals surface area contributed by atoms with Crippen LogP contribution in [0.2, 0.25) is 0 Å². The van der Waals surface area contributed by atoms with Gasteiger partial charge in [0.05, 0.1) is 18.0 Å². The number of sulfonamides is 1. The number of hydrogen-bond donors (Lipinski definition) is 0. The molecule has 0 saturated carbocycles. The summed E-state index contributed by atoms with van der Waals surface area (Å²) in [5.74, 6) is 1.34. The van der Waals surface area contributed by atoms with Gasteiger partial charge in [0, 0.05) is 11.6 Å². The highest BCUT2D eigenvalue weighted by atomic mass is 32.2. The van der Waals surface area contributed by atoms with E-state index in [1.54, 1.807) is 30.5 Å². The van der Waals surface area contributed by atoms with Crippen LogP contribution in [-0.2, 0) is 10.0 Å². The van der Waals surface area contributed by atoms with Crippen molar-refractivity contribution >= 4 is 21.4 Å². The molecule has 2 heterocycles. The van der Waals surface area contributed by atoms with E-state index in [0.29, 0.717) is 24.0 Å². The summed E-state index contributed by atoms with van der Waals surface area (Å²) in [6.07, 6.45) is 1.50. The van der Waals surface area contributed by atoms with Gasteiger partial charge in [-0.1, -0.05) is 29.5 Å². The summed E-state index contributed by atoms with van der Waals surface area (Å²) in [5, 5.41) is 2.39. The van der Waals surface area contributed by atoms with E-state index in [4.69, 9.17) is 9.47 Å². The minimum atomic E-state index is -3.53. The van der Waals surface area contributed by atoms with Crippen molar-refractivity contribution in [1.82, 2.24) is 9.29 Å². The standard InChI is InChI=1S/C19H18N2O4S2/c1-14-4-2-3-5-18(14)24-15-6-8-17(9-7-15)27(22,23)21-12-16(13-21)25-19-20-10-11-26-19/h2-11,16H,12-13H2,1H3. The summed E-state index contributed by atoms with van der Waals surface area (Å²) < 4.78 is 38.3. The van der Waals surface area contributed by atoms with E-state index in [0.717, 1.165) is 11.3 Å². The molecule has 0 unspecified atom stereocenters. The third-order valence-corrected chi connectivity index (χ3v) is 6.78. The van der Waals surface area contributed by atoms with Crippen LogP contribution in [0.4, 0.5) is 0 Å². The maximum absolute atomic E-state index is 12.7. The third-order valence-electron chi connectivity index (χ3n) is 4.27. The fourth-order valence-corrected chi connectivity index (χ4v) is 4.76. The van der Waals surface area contributed by atoms with E-state index in [9.17, 15) is 8.42 Å². The van der Waals surface area contributed by atoms with E-state index in [1.807, 2.05) is 36.6 Å². The van der Waals surface area contributed by atoms with Gasteiger partial charge < -0.3 is 9.47 Å². The summed E-state index contributed by atoms with van der Waals surface area (Å²) in [6, 6.07) is 14.2. The van der Waals surface area contributed by atoms with Crippen LogP contribution in [0.5, 0.6) is 16.7 Å². The molecule has 1 saturated heterocycles. The van der Waals surface area contributed by atoms with E-state index in [-0.39, 0.29) is 11.0 Å². The number of aromatic nitrogens is 1. The summed E-state index contributed by atoms with van der Waals surface area (Å²) in [5.41, 5.74) is 1.01. The maximum atomic E-state index is 12.7. The predicted octanol–water partition coefficient (Wildman–Crippen LogP) is 3.70. The van der Waals surface area contributed by atoms with Crippen molar-refractivity contribution in [2.24, 2.45) is 0 Å². The van der Waals surface area contributed by atoms with E-state index in [2.05, 4.69) is 4.98 Å². The second-order valence-corrected chi connectivity index (χ2v) is 8.99. The molecule has 1 aliphatic rings. The van der Waals surface area contributed by atoms with Gasteiger partial charge in [-0.3, -0.25) is 0 Å². The van der Waals surface area contributed by atoms with Gasteiger partial charge in [0.2, 0.25) is 10.0 Å². The Hall–Kier alpha value is -2.42. The lowest BCUT2D eigenvalue weighted by Gasteiger charge is -2.37. The number of ether oxygens (including phenoxy) is 2. The summed E-state index contributed by atoms with van der Waals surface area (Å²) in [4.78, 5) is 4.29. The monoisotopic (exact) mass is 402 g/mol. The first-order valence-electron chi connectivity index (χ1n) is 8.42. The highest BCUT2D eigenvalue weighted by Gasteiger charge is 2.38. The number of para-hydroxylation sites is 1. The number of rotatable bonds is 6. The number of benzene rings is 2. The Morgan fingerprint density at radius 2 is 1.85 bits per heavy atom. The molecule has 0 atom stereocenters. The van der Waals surface area contributed by atoms with Crippen molar-refractivity contribution in [2.45, 2.75) is 17.9 Å². The van der Waals surface area contributed by atoms with Crippen molar-refractivity contribution in [3.63, 3.8) is 0 Å². The fraction of sp³-hybridized carbons (Fsp3) is 0.211. The van der Waals surface area contributed by atoms with E-state index in [1.165, 1.54) is 15.6 Å². The van der Waals surface area contributed by atoms with Crippen LogP contribution >= 0.6 is 11.3 Å². The van der Waals surface area contributed by atoms with Gasteiger partial charge in [-0.2, -0.15) is 4.31 Å². The van der Waals surface area contributed by atoms with Crippen LogP contribution in [0.3, 0.4) is 0 Å². The van der Waals surface area contributed by atoms with Crippen molar-refractivity contribution in [1.29, 1.82) is 0 Å². The first-order chi connectivity index (χ1) is 13.0. The largest absolute Gasteiger partial charge is 0.464 e. The van der Waals surface area contributed by atoms with Gasteiger partial charge in [-0.05, 0) is 42.8 Å². The molecule has 1 fully saturated rings. The average molecular weight is 402 g/mol. The van der Waals surface area contributed by atoms with Gasteiger partial charge in [-0.15, -0.1) is 0 Å². The van der Waals surface area contributed by atoms with Crippen LogP contribution < -0.4 is 9.47 Å². The second kappa shape index (κ2) is 7.30. The molecule has 140 valence electrons. The van der Waals surface area contributed by atoms with Crippen molar-refractivity contribution < 1.29 is 17.9 Å². The Morgan fingerprint density at radius 1 is 1.11 bits per heavy atom. The minimum absolute atomic E-state index is 0.158. The molecular weight excluding hydrogens is 384 g/mol. The van der Waals surface area contributed by atoms with Gasteiger partial charge >= 0.3 is 0 Å². The van der Waals surface area contributed by atoms with Crippen molar-refractivity contribution in [3.8, 4) is 16.7 Å². The molecule has 0 spiro atoms. The lowest BCUT2D eigenvalue weighted by Crippen LogP contribution is -2.55. The molecule has 1 aromatic heterocycles. The maximum Gasteiger partial charge on any atom is 0.273 e. The molecule has 4 rings (SSSR count). The molecule has 1 aliphatic heterocycles. The lowest BCUT2D eigenvalue weighted by atomic mass is 10.2. The highest BCUT2D eigenvalue weighted by Crippen LogP contribution is 2.29. The zero-order valence-electron chi connectivity index (χ0n) is 14.6. The molecule has 0 N–H and O–H groups in total. The topological polar surface area (TPSA) is 68.7 Å². The summed E-state index contributed by atoms with van der Waals surface area (Å²) in [7, 11) is -3.53. The Kier molecular flexibility index (Phi) is 4.86. The van der Waals surface area contributed by atoms with Crippen LogP contribution in [0, 0.1) is 6.92 Å².